The van der Waals surface area contributed by atoms with E-state index in [9.17, 15) is 9.59 Å². The van der Waals surface area contributed by atoms with E-state index in [2.05, 4.69) is 15.7 Å². The smallest absolute Gasteiger partial charge is 0.371 e. The van der Waals surface area contributed by atoms with Crippen LogP contribution in [0.15, 0.2) is 35.5 Å². The molecule has 0 bridgehead atoms. The molecule has 0 aliphatic carbocycles. The van der Waals surface area contributed by atoms with Crippen LogP contribution in [0.25, 0.3) is 0 Å². The molecule has 0 spiro atoms. The number of ether oxygens (including phenoxy) is 1. The maximum absolute atomic E-state index is 10.3. The summed E-state index contributed by atoms with van der Waals surface area (Å²) < 4.78 is 8.84. The van der Waals surface area contributed by atoms with Crippen molar-refractivity contribution in [2.24, 2.45) is 0 Å². The standard InChI is InChI=1S/C6H10O3.C5H4O3/c1-3-5(7)9-6(8)4-2;6-5(7)4-2-1-3-8-4/h3,6,8H,1,4H2,2H3;1-3H,(H,6,7). The second-order valence-corrected chi connectivity index (χ2v) is 2.79. The van der Waals surface area contributed by atoms with E-state index in [1.54, 1.807) is 6.92 Å². The first kappa shape index (κ1) is 14.9. The van der Waals surface area contributed by atoms with Gasteiger partial charge in [-0.25, -0.2) is 9.59 Å². The summed E-state index contributed by atoms with van der Waals surface area (Å²) in [5.74, 6) is -1.65. The van der Waals surface area contributed by atoms with Crippen molar-refractivity contribution in [2.45, 2.75) is 19.6 Å². The molecular weight excluding hydrogens is 228 g/mol. The van der Waals surface area contributed by atoms with E-state index in [0.717, 1.165) is 6.08 Å². The van der Waals surface area contributed by atoms with Gasteiger partial charge in [0.1, 0.15) is 0 Å². The van der Waals surface area contributed by atoms with E-state index >= 15 is 0 Å². The van der Waals surface area contributed by atoms with Crippen molar-refractivity contribution < 1.29 is 29.0 Å². The van der Waals surface area contributed by atoms with Crippen LogP contribution in [0.3, 0.4) is 0 Å². The number of rotatable bonds is 4. The van der Waals surface area contributed by atoms with Gasteiger partial charge in [0.05, 0.1) is 6.26 Å². The normalized spacial score (nSPS) is 10.7. The highest BCUT2D eigenvalue weighted by atomic mass is 16.6. The van der Waals surface area contributed by atoms with Crippen LogP contribution in [0.1, 0.15) is 23.9 Å². The molecule has 0 saturated heterocycles. The summed E-state index contributed by atoms with van der Waals surface area (Å²) >= 11 is 0. The predicted octanol–water partition coefficient (Wildman–Crippen LogP) is 1.42. The number of carbonyl (C=O) groups is 2. The minimum atomic E-state index is -1.03. The molecule has 0 radical (unpaired) electrons. The van der Waals surface area contributed by atoms with Gasteiger partial charge < -0.3 is 19.4 Å². The number of aromatic carboxylic acids is 1. The number of carboxylic acids is 1. The number of furan rings is 1. The minimum Gasteiger partial charge on any atom is -0.475 e. The molecule has 0 saturated carbocycles. The fourth-order valence-electron chi connectivity index (χ4n) is 0.666. The average Bonchev–Trinajstić information content (AvgIpc) is 2.83. The van der Waals surface area contributed by atoms with Gasteiger partial charge in [-0.05, 0) is 12.1 Å². The first-order chi connectivity index (χ1) is 8.01. The maximum atomic E-state index is 10.3. The lowest BCUT2D eigenvalue weighted by molar-refractivity contribution is -0.161. The van der Waals surface area contributed by atoms with Gasteiger partial charge in [-0.2, -0.15) is 0 Å². The Hall–Kier alpha value is -2.08. The third-order valence-corrected chi connectivity index (χ3v) is 1.50. The summed E-state index contributed by atoms with van der Waals surface area (Å²) in [5.41, 5.74) is 0. The van der Waals surface area contributed by atoms with Crippen molar-refractivity contribution >= 4 is 11.9 Å². The monoisotopic (exact) mass is 242 g/mol. The van der Waals surface area contributed by atoms with Gasteiger partial charge in [-0.15, -0.1) is 0 Å². The van der Waals surface area contributed by atoms with Crippen LogP contribution < -0.4 is 0 Å². The number of hydrogen-bond donors (Lipinski definition) is 2. The zero-order valence-electron chi connectivity index (χ0n) is 9.33. The van der Waals surface area contributed by atoms with Crippen LogP contribution in [-0.2, 0) is 9.53 Å². The molecule has 1 aromatic rings. The van der Waals surface area contributed by atoms with Crippen LogP contribution in [0.2, 0.25) is 0 Å². The fraction of sp³-hybridized carbons (Fsp3) is 0.273. The number of carbonyl (C=O) groups excluding carboxylic acids is 1. The van der Waals surface area contributed by atoms with Gasteiger partial charge >= 0.3 is 11.9 Å². The fourth-order valence-corrected chi connectivity index (χ4v) is 0.666. The summed E-state index contributed by atoms with van der Waals surface area (Å²) in [4.78, 5) is 20.2. The molecule has 1 rings (SSSR count). The molecule has 1 heterocycles. The first-order valence-electron chi connectivity index (χ1n) is 4.79. The number of hydrogen-bond acceptors (Lipinski definition) is 5. The second-order valence-electron chi connectivity index (χ2n) is 2.79. The molecule has 2 N–H and O–H groups in total. The molecule has 6 heteroatoms. The van der Waals surface area contributed by atoms with Gasteiger partial charge in [0.25, 0.3) is 0 Å². The van der Waals surface area contributed by atoms with Crippen molar-refractivity contribution in [3.8, 4) is 0 Å². The molecule has 1 unspecified atom stereocenters. The lowest BCUT2D eigenvalue weighted by atomic mass is 10.5. The Kier molecular flexibility index (Phi) is 7.12. The lowest BCUT2D eigenvalue weighted by Crippen LogP contribution is -2.14. The second kappa shape index (κ2) is 8.12. The lowest BCUT2D eigenvalue weighted by Gasteiger charge is -2.05. The summed E-state index contributed by atoms with van der Waals surface area (Å²) in [6.45, 7) is 4.87. The van der Waals surface area contributed by atoms with E-state index in [0.29, 0.717) is 6.42 Å². The summed E-state index contributed by atoms with van der Waals surface area (Å²) in [6, 6.07) is 2.92. The molecule has 1 aromatic heterocycles. The Balaban J connectivity index is 0.000000302. The van der Waals surface area contributed by atoms with E-state index in [1.165, 1.54) is 18.4 Å². The van der Waals surface area contributed by atoms with Crippen molar-refractivity contribution in [3.63, 3.8) is 0 Å². The quantitative estimate of drug-likeness (QED) is 0.471. The third kappa shape index (κ3) is 6.91. The Morgan fingerprint density at radius 2 is 2.29 bits per heavy atom. The van der Waals surface area contributed by atoms with E-state index < -0.39 is 18.2 Å². The summed E-state index contributed by atoms with van der Waals surface area (Å²) in [6.07, 6.45) is 1.75. The Morgan fingerprint density at radius 1 is 1.65 bits per heavy atom. The minimum absolute atomic E-state index is 0.0231. The highest BCUT2D eigenvalue weighted by Gasteiger charge is 2.03. The third-order valence-electron chi connectivity index (χ3n) is 1.50. The van der Waals surface area contributed by atoms with Gasteiger partial charge in [-0.1, -0.05) is 13.5 Å². The van der Waals surface area contributed by atoms with Crippen LogP contribution in [0.5, 0.6) is 0 Å². The SMILES string of the molecule is C=CC(=O)OC(O)CC.O=C(O)c1ccco1. The van der Waals surface area contributed by atoms with Crippen molar-refractivity contribution in [1.29, 1.82) is 0 Å². The maximum Gasteiger partial charge on any atom is 0.371 e. The largest absolute Gasteiger partial charge is 0.475 e. The van der Waals surface area contributed by atoms with Gasteiger partial charge in [0.2, 0.25) is 12.1 Å². The molecule has 6 nitrogen and oxygen atoms in total. The van der Waals surface area contributed by atoms with Gasteiger partial charge in [-0.3, -0.25) is 0 Å². The molecule has 94 valence electrons. The highest BCUT2D eigenvalue weighted by molar-refractivity contribution is 5.84. The van der Waals surface area contributed by atoms with Crippen LogP contribution >= 0.6 is 0 Å². The molecule has 0 aliphatic rings. The Bertz CT molecular complexity index is 354. The molecule has 0 aromatic carbocycles. The van der Waals surface area contributed by atoms with E-state index in [-0.39, 0.29) is 5.76 Å². The number of carboxylic acid groups (broad SMARTS) is 1. The van der Waals surface area contributed by atoms with Crippen molar-refractivity contribution in [3.05, 3.63) is 36.8 Å². The van der Waals surface area contributed by atoms with Gasteiger partial charge in [0, 0.05) is 12.5 Å². The number of aliphatic hydroxyl groups excluding tert-OH is 1. The van der Waals surface area contributed by atoms with Crippen LogP contribution in [0, 0.1) is 0 Å². The molecular formula is C11H14O6. The molecule has 0 fully saturated rings. The average molecular weight is 242 g/mol. The van der Waals surface area contributed by atoms with Crippen LogP contribution in [-0.4, -0.2) is 28.4 Å². The van der Waals surface area contributed by atoms with Crippen molar-refractivity contribution in [1.82, 2.24) is 0 Å². The Labute approximate surface area is 98.1 Å². The number of esters is 1. The number of aliphatic hydroxyl groups is 1. The predicted molar refractivity (Wildman–Crippen MR) is 58.3 cm³/mol. The molecule has 1 atom stereocenters. The molecule has 17 heavy (non-hydrogen) atoms. The van der Waals surface area contributed by atoms with E-state index in [4.69, 9.17) is 10.2 Å². The zero-order valence-corrected chi connectivity index (χ0v) is 9.33. The summed E-state index contributed by atoms with van der Waals surface area (Å²) in [7, 11) is 0. The Morgan fingerprint density at radius 3 is 2.59 bits per heavy atom. The van der Waals surface area contributed by atoms with Crippen molar-refractivity contribution in [2.75, 3.05) is 0 Å². The highest BCUT2D eigenvalue weighted by Crippen LogP contribution is 1.97. The van der Waals surface area contributed by atoms with Crippen LogP contribution in [0.4, 0.5) is 0 Å². The van der Waals surface area contributed by atoms with Gasteiger partial charge in [0.15, 0.2) is 0 Å². The zero-order chi connectivity index (χ0) is 13.3. The van der Waals surface area contributed by atoms with E-state index in [1.807, 2.05) is 0 Å². The first-order valence-corrected chi connectivity index (χ1v) is 4.79. The molecule has 0 aliphatic heterocycles. The molecule has 0 amide bonds. The summed E-state index contributed by atoms with van der Waals surface area (Å²) in [5, 5.41) is 16.8. The topological polar surface area (TPSA) is 97.0 Å².